The van der Waals surface area contributed by atoms with Crippen LogP contribution >= 0.6 is 11.6 Å². The van der Waals surface area contributed by atoms with Gasteiger partial charge in [0.05, 0.1) is 6.26 Å². The minimum atomic E-state index is -3.04. The van der Waals surface area contributed by atoms with Crippen molar-refractivity contribution in [2.24, 2.45) is 5.92 Å². The van der Waals surface area contributed by atoms with E-state index in [4.69, 9.17) is 11.6 Å². The number of sulfonamides is 1. The van der Waals surface area contributed by atoms with Gasteiger partial charge in [0, 0.05) is 31.1 Å². The first-order valence-corrected chi connectivity index (χ1v) is 9.96. The van der Waals surface area contributed by atoms with Gasteiger partial charge >= 0.3 is 0 Å². The molecule has 118 valence electrons. The average molecular weight is 323 g/mol. The summed E-state index contributed by atoms with van der Waals surface area (Å²) in [6, 6.07) is 0.457. The topological polar surface area (TPSA) is 40.6 Å². The van der Waals surface area contributed by atoms with Crippen LogP contribution in [0.15, 0.2) is 0 Å². The van der Waals surface area contributed by atoms with Gasteiger partial charge < -0.3 is 4.90 Å². The van der Waals surface area contributed by atoms with E-state index >= 15 is 0 Å². The van der Waals surface area contributed by atoms with Crippen molar-refractivity contribution < 1.29 is 8.42 Å². The second kappa shape index (κ2) is 6.95. The summed E-state index contributed by atoms with van der Waals surface area (Å²) in [7, 11) is -0.898. The molecular formula is C14H27ClN2O2S. The van der Waals surface area contributed by atoms with E-state index in [0.717, 1.165) is 25.8 Å². The third-order valence-electron chi connectivity index (χ3n) is 4.71. The third-order valence-corrected chi connectivity index (χ3v) is 6.49. The standard InChI is InChI=1S/C14H27ClN2O2S/c1-16(14-8-4-3-7-13(14)15)10-12-6-5-9-17(11-12)20(2,18)19/h12-14H,3-11H2,1-2H3. The molecule has 0 aromatic carbocycles. The van der Waals surface area contributed by atoms with Crippen molar-refractivity contribution in [3.05, 3.63) is 0 Å². The lowest BCUT2D eigenvalue weighted by Crippen LogP contribution is -2.47. The number of nitrogens with zero attached hydrogens (tertiary/aromatic N) is 2. The van der Waals surface area contributed by atoms with Gasteiger partial charge in [0.25, 0.3) is 0 Å². The van der Waals surface area contributed by atoms with E-state index in [2.05, 4.69) is 11.9 Å². The van der Waals surface area contributed by atoms with Crippen LogP contribution in [-0.2, 0) is 10.0 Å². The predicted molar refractivity (Wildman–Crippen MR) is 83.7 cm³/mol. The van der Waals surface area contributed by atoms with E-state index in [9.17, 15) is 8.42 Å². The Kier molecular flexibility index (Phi) is 5.74. The first-order valence-electron chi connectivity index (χ1n) is 7.67. The lowest BCUT2D eigenvalue weighted by Gasteiger charge is -2.39. The lowest BCUT2D eigenvalue weighted by molar-refractivity contribution is 0.142. The molecule has 2 fully saturated rings. The molecule has 1 saturated carbocycles. The van der Waals surface area contributed by atoms with Gasteiger partial charge in [-0.15, -0.1) is 11.6 Å². The quantitative estimate of drug-likeness (QED) is 0.745. The van der Waals surface area contributed by atoms with Gasteiger partial charge in [-0.3, -0.25) is 0 Å². The van der Waals surface area contributed by atoms with Crippen LogP contribution in [0.25, 0.3) is 0 Å². The minimum absolute atomic E-state index is 0.253. The molecule has 6 heteroatoms. The SMILES string of the molecule is CN(CC1CCCN(S(C)(=O)=O)C1)C1CCCCC1Cl. The van der Waals surface area contributed by atoms with Crippen molar-refractivity contribution in [3.63, 3.8) is 0 Å². The van der Waals surface area contributed by atoms with E-state index < -0.39 is 10.0 Å². The Morgan fingerprint density at radius 2 is 1.90 bits per heavy atom. The Bertz CT molecular complexity index is 415. The number of rotatable bonds is 4. The Morgan fingerprint density at radius 1 is 1.20 bits per heavy atom. The number of hydrogen-bond acceptors (Lipinski definition) is 3. The maximum Gasteiger partial charge on any atom is 0.211 e. The molecule has 1 aliphatic carbocycles. The van der Waals surface area contributed by atoms with E-state index in [1.54, 1.807) is 4.31 Å². The summed E-state index contributed by atoms with van der Waals surface area (Å²) in [5.74, 6) is 0.439. The fourth-order valence-corrected chi connectivity index (χ4v) is 5.00. The van der Waals surface area contributed by atoms with Crippen LogP contribution < -0.4 is 0 Å². The molecule has 4 nitrogen and oxygen atoms in total. The van der Waals surface area contributed by atoms with E-state index in [1.165, 1.54) is 25.5 Å². The fourth-order valence-electron chi connectivity index (χ4n) is 3.58. The molecule has 0 N–H and O–H groups in total. The van der Waals surface area contributed by atoms with E-state index in [-0.39, 0.29) is 5.38 Å². The average Bonchev–Trinajstić information content (AvgIpc) is 2.38. The smallest absolute Gasteiger partial charge is 0.211 e. The summed E-state index contributed by atoms with van der Waals surface area (Å²) < 4.78 is 25.0. The minimum Gasteiger partial charge on any atom is -0.302 e. The monoisotopic (exact) mass is 322 g/mol. The van der Waals surface area contributed by atoms with Gasteiger partial charge in [0.15, 0.2) is 0 Å². The maximum atomic E-state index is 11.7. The van der Waals surface area contributed by atoms with Crippen LogP contribution in [-0.4, -0.2) is 62.0 Å². The van der Waals surface area contributed by atoms with E-state index in [0.29, 0.717) is 25.0 Å². The van der Waals surface area contributed by atoms with Crippen molar-refractivity contribution >= 4 is 21.6 Å². The summed E-state index contributed by atoms with van der Waals surface area (Å²) in [6.07, 6.45) is 8.19. The van der Waals surface area contributed by atoms with Gasteiger partial charge in [0.2, 0.25) is 10.0 Å². The molecule has 1 aliphatic heterocycles. The highest BCUT2D eigenvalue weighted by atomic mass is 35.5. The van der Waals surface area contributed by atoms with Crippen LogP contribution in [0, 0.1) is 5.92 Å². The van der Waals surface area contributed by atoms with Gasteiger partial charge in [-0.2, -0.15) is 0 Å². The number of hydrogen-bond donors (Lipinski definition) is 0. The Morgan fingerprint density at radius 3 is 2.55 bits per heavy atom. The van der Waals surface area contributed by atoms with Crippen LogP contribution in [0.1, 0.15) is 38.5 Å². The summed E-state index contributed by atoms with van der Waals surface area (Å²) in [5.41, 5.74) is 0. The van der Waals surface area contributed by atoms with Crippen molar-refractivity contribution in [1.82, 2.24) is 9.21 Å². The van der Waals surface area contributed by atoms with Crippen molar-refractivity contribution in [1.29, 1.82) is 0 Å². The molecule has 0 spiro atoms. The van der Waals surface area contributed by atoms with E-state index in [1.807, 2.05) is 0 Å². The molecule has 3 atom stereocenters. The van der Waals surface area contributed by atoms with Gasteiger partial charge in [0.1, 0.15) is 0 Å². The highest BCUT2D eigenvalue weighted by Crippen LogP contribution is 2.28. The second-order valence-corrected chi connectivity index (χ2v) is 8.98. The van der Waals surface area contributed by atoms with Crippen LogP contribution in [0.3, 0.4) is 0 Å². The zero-order chi connectivity index (χ0) is 14.8. The molecule has 0 amide bonds. The highest BCUT2D eigenvalue weighted by molar-refractivity contribution is 7.88. The molecule has 0 aromatic rings. The number of halogens is 1. The molecule has 2 rings (SSSR count). The summed E-state index contributed by atoms with van der Waals surface area (Å²) in [5, 5.41) is 0.253. The van der Waals surface area contributed by atoms with Crippen molar-refractivity contribution in [2.75, 3.05) is 32.9 Å². The number of piperidine rings is 1. The maximum absolute atomic E-state index is 11.7. The van der Waals surface area contributed by atoms with Crippen LogP contribution in [0.4, 0.5) is 0 Å². The second-order valence-electron chi connectivity index (χ2n) is 6.44. The van der Waals surface area contributed by atoms with Gasteiger partial charge in [-0.05, 0) is 38.6 Å². The normalized spacial score (nSPS) is 33.5. The third kappa shape index (κ3) is 4.33. The molecule has 3 unspecified atom stereocenters. The Balaban J connectivity index is 1.89. The first-order chi connectivity index (χ1) is 9.38. The Hall–Kier alpha value is 0.160. The van der Waals surface area contributed by atoms with Gasteiger partial charge in [-0.25, -0.2) is 12.7 Å². The highest BCUT2D eigenvalue weighted by Gasteiger charge is 2.31. The summed E-state index contributed by atoms with van der Waals surface area (Å²) in [4.78, 5) is 2.37. The first kappa shape index (κ1) is 16.5. The zero-order valence-corrected chi connectivity index (χ0v) is 14.2. The molecule has 1 heterocycles. The number of alkyl halides is 1. The molecule has 2 aliphatic rings. The van der Waals surface area contributed by atoms with Crippen LogP contribution in [0.2, 0.25) is 0 Å². The zero-order valence-electron chi connectivity index (χ0n) is 12.6. The molecule has 0 aromatic heterocycles. The largest absolute Gasteiger partial charge is 0.302 e. The molecule has 0 radical (unpaired) electrons. The molecule has 1 saturated heterocycles. The molecule has 0 bridgehead atoms. The predicted octanol–water partition coefficient (Wildman–Crippen LogP) is 2.14. The summed E-state index contributed by atoms with van der Waals surface area (Å²) in [6.45, 7) is 2.31. The Labute approximate surface area is 128 Å². The molecular weight excluding hydrogens is 296 g/mol. The fraction of sp³-hybridized carbons (Fsp3) is 1.00. The van der Waals surface area contributed by atoms with Gasteiger partial charge in [-0.1, -0.05) is 12.8 Å². The van der Waals surface area contributed by atoms with Crippen LogP contribution in [0.5, 0.6) is 0 Å². The lowest BCUT2D eigenvalue weighted by atomic mass is 9.92. The molecule has 20 heavy (non-hydrogen) atoms. The summed E-state index contributed by atoms with van der Waals surface area (Å²) >= 11 is 6.45. The van der Waals surface area contributed by atoms with Crippen molar-refractivity contribution in [3.8, 4) is 0 Å². The van der Waals surface area contributed by atoms with Crippen molar-refractivity contribution in [2.45, 2.75) is 49.9 Å².